The van der Waals surface area contributed by atoms with Gasteiger partial charge in [-0.2, -0.15) is 0 Å². The summed E-state index contributed by atoms with van der Waals surface area (Å²) in [5, 5.41) is 12.5. The number of carbonyl (C=O) groups is 1. The fourth-order valence-electron chi connectivity index (χ4n) is 4.89. The van der Waals surface area contributed by atoms with E-state index < -0.39 is 0 Å². The highest BCUT2D eigenvalue weighted by Gasteiger charge is 2.24. The second-order valence-electron chi connectivity index (χ2n) is 9.38. The Labute approximate surface area is 212 Å². The van der Waals surface area contributed by atoms with Gasteiger partial charge in [-0.25, -0.2) is 9.97 Å². The molecule has 0 spiro atoms. The Morgan fingerprint density at radius 2 is 1.95 bits per heavy atom. The molecule has 188 valence electrons. The summed E-state index contributed by atoms with van der Waals surface area (Å²) in [7, 11) is 0. The molecular weight excluding hydrogens is 470 g/mol. The van der Waals surface area contributed by atoms with Crippen molar-refractivity contribution in [3.63, 3.8) is 0 Å². The molecule has 11 nitrogen and oxygen atoms in total. The van der Waals surface area contributed by atoms with Crippen molar-refractivity contribution >= 4 is 22.8 Å². The third-order valence-electron chi connectivity index (χ3n) is 6.89. The number of hydrogen-bond donors (Lipinski definition) is 4. The first-order chi connectivity index (χ1) is 18.1. The Balaban J connectivity index is 1.12. The van der Waals surface area contributed by atoms with Gasteiger partial charge in [0.1, 0.15) is 6.42 Å². The highest BCUT2D eigenvalue weighted by molar-refractivity contribution is 5.83. The van der Waals surface area contributed by atoms with Crippen molar-refractivity contribution in [1.29, 1.82) is 0 Å². The van der Waals surface area contributed by atoms with Crippen molar-refractivity contribution in [3.8, 4) is 11.5 Å². The average molecular weight is 498 g/mol. The van der Waals surface area contributed by atoms with Gasteiger partial charge in [0.2, 0.25) is 23.6 Å². The number of nitrogens with two attached hydrogens (primary N) is 2. The third kappa shape index (κ3) is 4.68. The van der Waals surface area contributed by atoms with Crippen molar-refractivity contribution in [2.75, 3.05) is 18.4 Å². The van der Waals surface area contributed by atoms with Gasteiger partial charge in [-0.3, -0.25) is 10.6 Å². The van der Waals surface area contributed by atoms with Crippen molar-refractivity contribution in [3.05, 3.63) is 77.1 Å². The van der Waals surface area contributed by atoms with Crippen LogP contribution < -0.4 is 22.3 Å². The van der Waals surface area contributed by atoms with Crippen molar-refractivity contribution < 1.29 is 9.21 Å². The predicted octanol–water partition coefficient (Wildman–Crippen LogP) is 1.67. The summed E-state index contributed by atoms with van der Waals surface area (Å²) in [5.74, 6) is 6.56. The average Bonchev–Trinajstić information content (AvgIpc) is 3.55. The number of nitrogens with zero attached hydrogens (tertiary/aromatic N) is 5. The number of amides is 1. The Kier molecular flexibility index (Phi) is 5.89. The van der Waals surface area contributed by atoms with Crippen LogP contribution in [0.5, 0.6) is 0 Å². The molecule has 2 aliphatic rings. The summed E-state index contributed by atoms with van der Waals surface area (Å²) >= 11 is 0. The summed E-state index contributed by atoms with van der Waals surface area (Å²) < 4.78 is 5.80. The fraction of sp³-hybridized carbons (Fsp3) is 0.269. The van der Waals surface area contributed by atoms with Crippen LogP contribution in [0.4, 0.5) is 5.95 Å². The second kappa shape index (κ2) is 9.51. The molecule has 0 unspecified atom stereocenters. The third-order valence-corrected chi connectivity index (χ3v) is 6.89. The first-order valence-corrected chi connectivity index (χ1v) is 12.2. The lowest BCUT2D eigenvalue weighted by molar-refractivity contribution is -0.130. The Morgan fingerprint density at radius 3 is 2.73 bits per heavy atom. The summed E-state index contributed by atoms with van der Waals surface area (Å²) in [6.07, 6.45) is 4.28. The SMILES string of the molecule is NNC1=C(N)CCN(C(=O)Cc2nnc(-c3ccc4nc(NC5Cc6ccccc6C5)ncc4c3)o2)C1. The number of anilines is 1. The minimum Gasteiger partial charge on any atom is -0.420 e. The van der Waals surface area contributed by atoms with Gasteiger partial charge >= 0.3 is 0 Å². The lowest BCUT2D eigenvalue weighted by atomic mass is 10.1. The number of aromatic nitrogens is 4. The molecule has 37 heavy (non-hydrogen) atoms. The van der Waals surface area contributed by atoms with E-state index in [0.29, 0.717) is 42.7 Å². The summed E-state index contributed by atoms with van der Waals surface area (Å²) in [6, 6.07) is 14.5. The van der Waals surface area contributed by atoms with Gasteiger partial charge < -0.3 is 25.8 Å². The first-order valence-electron chi connectivity index (χ1n) is 12.2. The zero-order valence-corrected chi connectivity index (χ0v) is 20.1. The van der Waals surface area contributed by atoms with E-state index >= 15 is 0 Å². The zero-order chi connectivity index (χ0) is 25.4. The molecule has 2 aromatic carbocycles. The van der Waals surface area contributed by atoms with Gasteiger partial charge in [-0.15, -0.1) is 10.2 Å². The van der Waals surface area contributed by atoms with Crippen molar-refractivity contribution in [1.82, 2.24) is 30.5 Å². The molecule has 11 heteroatoms. The van der Waals surface area contributed by atoms with Crippen LogP contribution in [0.3, 0.4) is 0 Å². The largest absolute Gasteiger partial charge is 0.420 e. The van der Waals surface area contributed by atoms with Crippen molar-refractivity contribution in [2.24, 2.45) is 11.6 Å². The van der Waals surface area contributed by atoms with E-state index in [4.69, 9.17) is 16.0 Å². The predicted molar refractivity (Wildman–Crippen MR) is 138 cm³/mol. The van der Waals surface area contributed by atoms with Crippen molar-refractivity contribution in [2.45, 2.75) is 31.7 Å². The highest BCUT2D eigenvalue weighted by atomic mass is 16.4. The molecule has 0 bridgehead atoms. The van der Waals surface area contributed by atoms with Gasteiger partial charge in [-0.05, 0) is 42.2 Å². The lowest BCUT2D eigenvalue weighted by Gasteiger charge is -2.28. The topological polar surface area (TPSA) is 161 Å². The molecule has 0 saturated heterocycles. The number of hydrazine groups is 1. The highest BCUT2D eigenvalue weighted by Crippen LogP contribution is 2.26. The van der Waals surface area contributed by atoms with Crippen LogP contribution in [0, 0.1) is 0 Å². The molecule has 0 saturated carbocycles. The van der Waals surface area contributed by atoms with Gasteiger partial charge in [0, 0.05) is 41.9 Å². The molecule has 1 aliphatic carbocycles. The number of benzene rings is 2. The molecule has 4 aromatic rings. The number of rotatable bonds is 6. The molecule has 0 fully saturated rings. The minimum atomic E-state index is -0.132. The number of hydrogen-bond acceptors (Lipinski definition) is 10. The zero-order valence-electron chi connectivity index (χ0n) is 20.1. The van der Waals surface area contributed by atoms with Crippen LogP contribution in [0.2, 0.25) is 0 Å². The first kappa shape index (κ1) is 22.9. The Hall–Kier alpha value is -4.51. The number of carbonyl (C=O) groups excluding carboxylic acids is 1. The van der Waals surface area contributed by atoms with Gasteiger partial charge in [0.25, 0.3) is 0 Å². The molecule has 3 heterocycles. The van der Waals surface area contributed by atoms with E-state index in [2.05, 4.69) is 55.2 Å². The second-order valence-corrected chi connectivity index (χ2v) is 9.38. The van der Waals surface area contributed by atoms with Crippen LogP contribution in [-0.2, 0) is 24.1 Å². The van der Waals surface area contributed by atoms with Crippen LogP contribution in [0.15, 0.2) is 64.5 Å². The Morgan fingerprint density at radius 1 is 1.14 bits per heavy atom. The quantitative estimate of drug-likeness (QED) is 0.228. The fourth-order valence-corrected chi connectivity index (χ4v) is 4.89. The lowest BCUT2D eigenvalue weighted by Crippen LogP contribution is -2.43. The molecule has 6 rings (SSSR count). The number of nitrogens with one attached hydrogen (secondary N) is 2. The van der Waals surface area contributed by atoms with Crippen LogP contribution in [0.1, 0.15) is 23.4 Å². The summed E-state index contributed by atoms with van der Waals surface area (Å²) in [4.78, 5) is 23.6. The molecule has 2 aromatic heterocycles. The monoisotopic (exact) mass is 497 g/mol. The van der Waals surface area contributed by atoms with Gasteiger partial charge in [-0.1, -0.05) is 24.3 Å². The normalized spacial score (nSPS) is 15.8. The molecule has 6 N–H and O–H groups in total. The van der Waals surface area contributed by atoms with E-state index in [0.717, 1.165) is 29.3 Å². The smallest absolute Gasteiger partial charge is 0.247 e. The molecule has 0 radical (unpaired) electrons. The standard InChI is InChI=1S/C26H27N9O2/c27-20-7-8-35(14-22(20)32-28)24(36)12-23-33-34-25(37-23)17-5-6-21-18(9-17)13-29-26(31-21)30-19-10-15-3-1-2-4-16(15)11-19/h1-6,9,13,19,32H,7-8,10-12,14,27-28H2,(H,29,30,31). The van der Waals surface area contributed by atoms with E-state index in [1.807, 2.05) is 18.2 Å². The maximum Gasteiger partial charge on any atom is 0.247 e. The minimum absolute atomic E-state index is 0.00150. The molecular formula is C26H27N9O2. The van der Waals surface area contributed by atoms with Crippen LogP contribution in [0.25, 0.3) is 22.4 Å². The van der Waals surface area contributed by atoms with E-state index in [-0.39, 0.29) is 24.3 Å². The van der Waals surface area contributed by atoms with Gasteiger partial charge in [0.15, 0.2) is 0 Å². The van der Waals surface area contributed by atoms with E-state index in [1.165, 1.54) is 11.1 Å². The maximum absolute atomic E-state index is 12.7. The Bertz CT molecular complexity index is 1490. The summed E-state index contributed by atoms with van der Waals surface area (Å²) in [5.41, 5.74) is 14.1. The molecule has 1 amide bonds. The van der Waals surface area contributed by atoms with Crippen LogP contribution >= 0.6 is 0 Å². The van der Waals surface area contributed by atoms with Gasteiger partial charge in [0.05, 0.1) is 17.8 Å². The van der Waals surface area contributed by atoms with Crippen LogP contribution in [-0.4, -0.2) is 50.1 Å². The molecule has 0 atom stereocenters. The molecule has 1 aliphatic heterocycles. The number of fused-ring (bicyclic) bond motifs is 2. The van der Waals surface area contributed by atoms with E-state index in [9.17, 15) is 4.79 Å². The summed E-state index contributed by atoms with van der Waals surface area (Å²) in [6.45, 7) is 0.851. The maximum atomic E-state index is 12.7. The van der Waals surface area contributed by atoms with E-state index in [1.54, 1.807) is 11.1 Å².